The largest absolute Gasteiger partial charge is 0.304 e. The van der Waals surface area contributed by atoms with Gasteiger partial charge in [0.2, 0.25) is 0 Å². The number of carbonyl (C=O) groups is 1. The molecule has 18 heavy (non-hydrogen) atoms. The van der Waals surface area contributed by atoms with E-state index < -0.39 is 0 Å². The summed E-state index contributed by atoms with van der Waals surface area (Å²) in [6.45, 7) is 0. The number of piperidine rings is 1. The van der Waals surface area contributed by atoms with Gasteiger partial charge in [0.25, 0.3) is 0 Å². The number of fused-ring (bicyclic) bond motifs is 1. The normalized spacial score (nSPS) is 36.7. The van der Waals surface area contributed by atoms with E-state index in [1.165, 1.54) is 44.9 Å². The van der Waals surface area contributed by atoms with Crippen LogP contribution in [0.2, 0.25) is 0 Å². The van der Waals surface area contributed by atoms with E-state index in [9.17, 15) is 4.79 Å². The van der Waals surface area contributed by atoms with Crippen LogP contribution in [0.25, 0.3) is 0 Å². The summed E-state index contributed by atoms with van der Waals surface area (Å²) in [7, 11) is 0. The highest BCUT2D eigenvalue weighted by atomic mass is 16.1. The van der Waals surface area contributed by atoms with Gasteiger partial charge in [-0.05, 0) is 62.9 Å². The fraction of sp³-hybridized carbons (Fsp3) is 0.812. The molecule has 1 saturated heterocycles. The number of ketones is 1. The van der Waals surface area contributed by atoms with Crippen LogP contribution in [0.5, 0.6) is 0 Å². The summed E-state index contributed by atoms with van der Waals surface area (Å²) in [6, 6.07) is 0.763. The second-order valence-corrected chi connectivity index (χ2v) is 6.29. The first-order valence-corrected chi connectivity index (χ1v) is 7.84. The predicted molar refractivity (Wildman–Crippen MR) is 73.5 cm³/mol. The van der Waals surface area contributed by atoms with Crippen molar-refractivity contribution < 1.29 is 4.79 Å². The van der Waals surface area contributed by atoms with Gasteiger partial charge in [0.1, 0.15) is 0 Å². The van der Waals surface area contributed by atoms with Crippen LogP contribution in [-0.2, 0) is 4.79 Å². The molecule has 0 aromatic rings. The molecule has 0 amide bonds. The van der Waals surface area contributed by atoms with Gasteiger partial charge in [0.05, 0.1) is 6.04 Å². The molecule has 1 heterocycles. The Balaban J connectivity index is 1.63. The third-order valence-corrected chi connectivity index (χ3v) is 5.07. The minimum Gasteiger partial charge on any atom is -0.304 e. The number of nitrogens with one attached hydrogen (secondary N) is 1. The van der Waals surface area contributed by atoms with Gasteiger partial charge in [-0.15, -0.1) is 0 Å². The molecule has 2 heteroatoms. The molecule has 100 valence electrons. The minimum absolute atomic E-state index is 0.133. The van der Waals surface area contributed by atoms with Crippen LogP contribution < -0.4 is 5.32 Å². The first kappa shape index (κ1) is 12.4. The number of carbonyl (C=O) groups excluding carboxylic acids is 1. The van der Waals surface area contributed by atoms with Crippen LogP contribution >= 0.6 is 0 Å². The van der Waals surface area contributed by atoms with E-state index in [4.69, 9.17) is 0 Å². The highest BCUT2D eigenvalue weighted by molar-refractivity contribution is 5.99. The molecule has 3 atom stereocenters. The van der Waals surface area contributed by atoms with Crippen molar-refractivity contribution in [1.29, 1.82) is 0 Å². The number of hydrogen-bond acceptors (Lipinski definition) is 2. The topological polar surface area (TPSA) is 29.1 Å². The van der Waals surface area contributed by atoms with Gasteiger partial charge in [-0.1, -0.05) is 18.9 Å². The van der Waals surface area contributed by atoms with E-state index in [-0.39, 0.29) is 6.04 Å². The zero-order valence-electron chi connectivity index (χ0n) is 11.3. The number of Topliss-reactive ketones (excluding diaryl/α,β-unsaturated/α-hetero) is 1. The Kier molecular flexibility index (Phi) is 3.83. The predicted octanol–water partition coefficient (Wildman–Crippen LogP) is 3.37. The Morgan fingerprint density at radius 3 is 2.78 bits per heavy atom. The summed E-state index contributed by atoms with van der Waals surface area (Å²) in [5, 5.41) is 3.66. The van der Waals surface area contributed by atoms with Crippen molar-refractivity contribution in [1.82, 2.24) is 5.32 Å². The fourth-order valence-electron chi connectivity index (χ4n) is 3.99. The third-order valence-electron chi connectivity index (χ3n) is 5.07. The van der Waals surface area contributed by atoms with Gasteiger partial charge >= 0.3 is 0 Å². The van der Waals surface area contributed by atoms with Crippen molar-refractivity contribution in [3.05, 3.63) is 11.6 Å². The lowest BCUT2D eigenvalue weighted by Gasteiger charge is -2.40. The lowest BCUT2D eigenvalue weighted by atomic mass is 9.76. The standard InChI is InChI=1S/C16H25NO/c18-16(13-7-2-1-3-8-13)15-11-10-12-6-4-5-9-14(12)17-15/h7,12,14-15,17H,1-6,8-11H2. The van der Waals surface area contributed by atoms with E-state index in [1.54, 1.807) is 0 Å². The summed E-state index contributed by atoms with van der Waals surface area (Å²) < 4.78 is 0. The van der Waals surface area contributed by atoms with Crippen LogP contribution in [0.15, 0.2) is 11.6 Å². The quantitative estimate of drug-likeness (QED) is 0.810. The van der Waals surface area contributed by atoms with Gasteiger partial charge in [0, 0.05) is 6.04 Å². The maximum absolute atomic E-state index is 12.5. The van der Waals surface area contributed by atoms with Gasteiger partial charge < -0.3 is 5.32 Å². The lowest BCUT2D eigenvalue weighted by molar-refractivity contribution is -0.119. The van der Waals surface area contributed by atoms with Gasteiger partial charge in [-0.2, -0.15) is 0 Å². The Morgan fingerprint density at radius 1 is 1.06 bits per heavy atom. The molecule has 1 aliphatic heterocycles. The molecular weight excluding hydrogens is 222 g/mol. The second kappa shape index (κ2) is 5.56. The zero-order chi connectivity index (χ0) is 12.4. The first-order chi connectivity index (χ1) is 8.84. The molecule has 0 aromatic heterocycles. The Hall–Kier alpha value is -0.630. The molecule has 0 aromatic carbocycles. The monoisotopic (exact) mass is 247 g/mol. The fourth-order valence-corrected chi connectivity index (χ4v) is 3.99. The number of rotatable bonds is 2. The Bertz CT molecular complexity index is 347. The molecule has 0 spiro atoms. The maximum atomic E-state index is 12.5. The minimum atomic E-state index is 0.133. The van der Waals surface area contributed by atoms with Crippen molar-refractivity contribution in [3.63, 3.8) is 0 Å². The maximum Gasteiger partial charge on any atom is 0.175 e. The van der Waals surface area contributed by atoms with Crippen LogP contribution in [0.4, 0.5) is 0 Å². The van der Waals surface area contributed by atoms with Crippen molar-refractivity contribution >= 4 is 5.78 Å². The molecule has 3 aliphatic rings. The highest BCUT2D eigenvalue weighted by Gasteiger charge is 2.35. The third kappa shape index (κ3) is 2.54. The molecule has 2 aliphatic carbocycles. The van der Waals surface area contributed by atoms with E-state index in [1.807, 2.05) is 0 Å². The average Bonchev–Trinajstić information content (AvgIpc) is 2.47. The summed E-state index contributed by atoms with van der Waals surface area (Å²) in [6.07, 6.45) is 14.5. The molecule has 1 N–H and O–H groups in total. The summed E-state index contributed by atoms with van der Waals surface area (Å²) in [4.78, 5) is 12.5. The van der Waals surface area contributed by atoms with E-state index >= 15 is 0 Å². The molecule has 1 saturated carbocycles. The van der Waals surface area contributed by atoms with Crippen LogP contribution in [0, 0.1) is 5.92 Å². The summed E-state index contributed by atoms with van der Waals surface area (Å²) in [5.74, 6) is 1.27. The smallest absolute Gasteiger partial charge is 0.175 e. The molecular formula is C16H25NO. The van der Waals surface area contributed by atoms with Crippen LogP contribution in [0.1, 0.15) is 64.2 Å². The summed E-state index contributed by atoms with van der Waals surface area (Å²) >= 11 is 0. The van der Waals surface area contributed by atoms with Crippen molar-refractivity contribution in [3.8, 4) is 0 Å². The molecule has 2 nitrogen and oxygen atoms in total. The number of hydrogen-bond donors (Lipinski definition) is 1. The molecule has 0 bridgehead atoms. The van der Waals surface area contributed by atoms with E-state index in [0.717, 1.165) is 30.8 Å². The lowest BCUT2D eigenvalue weighted by Crippen LogP contribution is -2.52. The number of allylic oxidation sites excluding steroid dienone is 1. The second-order valence-electron chi connectivity index (χ2n) is 6.29. The Morgan fingerprint density at radius 2 is 1.94 bits per heavy atom. The van der Waals surface area contributed by atoms with Crippen molar-refractivity contribution in [2.45, 2.75) is 76.3 Å². The van der Waals surface area contributed by atoms with Crippen LogP contribution in [-0.4, -0.2) is 17.9 Å². The molecule has 2 fully saturated rings. The van der Waals surface area contributed by atoms with E-state index in [2.05, 4.69) is 11.4 Å². The van der Waals surface area contributed by atoms with Crippen LogP contribution in [0.3, 0.4) is 0 Å². The summed E-state index contributed by atoms with van der Waals surface area (Å²) in [5.41, 5.74) is 1.12. The SMILES string of the molecule is O=C(C1=CCCCC1)C1CCC2CCCCC2N1. The van der Waals surface area contributed by atoms with Gasteiger partial charge in [-0.3, -0.25) is 4.79 Å². The average molecular weight is 247 g/mol. The van der Waals surface area contributed by atoms with Gasteiger partial charge in [0.15, 0.2) is 5.78 Å². The van der Waals surface area contributed by atoms with Crippen molar-refractivity contribution in [2.75, 3.05) is 0 Å². The first-order valence-electron chi connectivity index (χ1n) is 7.84. The van der Waals surface area contributed by atoms with Gasteiger partial charge in [-0.25, -0.2) is 0 Å². The Labute approximate surface area is 110 Å². The van der Waals surface area contributed by atoms with Crippen molar-refractivity contribution in [2.24, 2.45) is 5.92 Å². The zero-order valence-corrected chi connectivity index (χ0v) is 11.3. The molecule has 3 rings (SSSR count). The van der Waals surface area contributed by atoms with E-state index in [0.29, 0.717) is 11.8 Å². The highest BCUT2D eigenvalue weighted by Crippen LogP contribution is 2.33. The molecule has 3 unspecified atom stereocenters. The molecule has 0 radical (unpaired) electrons.